The summed E-state index contributed by atoms with van der Waals surface area (Å²) in [5.74, 6) is 1.90. The maximum Gasteiger partial charge on any atom is 0.122 e. The van der Waals surface area contributed by atoms with Crippen molar-refractivity contribution in [1.82, 2.24) is 0 Å². The van der Waals surface area contributed by atoms with Gasteiger partial charge in [-0.3, -0.25) is 0 Å². The van der Waals surface area contributed by atoms with Crippen LogP contribution in [0.1, 0.15) is 194 Å². The largest absolute Gasteiger partial charge is 0.493 e. The molecule has 0 radical (unpaired) electrons. The molecule has 0 bridgehead atoms. The number of rotatable bonds is 32. The van der Waals surface area contributed by atoms with E-state index in [1.165, 1.54) is 167 Å². The molecule has 0 aliphatic heterocycles. The van der Waals surface area contributed by atoms with Crippen LogP contribution in [-0.2, 0) is 0 Å². The summed E-state index contributed by atoms with van der Waals surface area (Å²) < 4.78 is 12.0. The standard InChI is InChI=1S/C38H70O2/c1-3-5-7-9-11-13-15-17-19-21-23-25-27-29-34-39-37-32-31-33-38(36-37)40-35-30-28-26-24-22-20-18-16-14-12-10-8-6-4-2/h31-33,36H,3-30,34-35H2,1-2H3. The summed E-state index contributed by atoms with van der Waals surface area (Å²) in [7, 11) is 0. The van der Waals surface area contributed by atoms with Gasteiger partial charge in [-0.1, -0.05) is 187 Å². The van der Waals surface area contributed by atoms with Crippen molar-refractivity contribution in [3.8, 4) is 11.5 Å². The lowest BCUT2D eigenvalue weighted by Gasteiger charge is -2.10. The highest BCUT2D eigenvalue weighted by molar-refractivity contribution is 5.32. The van der Waals surface area contributed by atoms with Crippen molar-refractivity contribution in [1.29, 1.82) is 0 Å². The van der Waals surface area contributed by atoms with Gasteiger partial charge in [0, 0.05) is 6.07 Å². The maximum absolute atomic E-state index is 6.00. The Balaban J connectivity index is 1.86. The van der Waals surface area contributed by atoms with Crippen LogP contribution in [0.4, 0.5) is 0 Å². The van der Waals surface area contributed by atoms with Gasteiger partial charge in [-0.25, -0.2) is 0 Å². The molecule has 1 aromatic carbocycles. The highest BCUT2D eigenvalue weighted by atomic mass is 16.5. The molecule has 0 heterocycles. The van der Waals surface area contributed by atoms with Gasteiger partial charge in [0.25, 0.3) is 0 Å². The van der Waals surface area contributed by atoms with Gasteiger partial charge in [-0.2, -0.15) is 0 Å². The van der Waals surface area contributed by atoms with E-state index in [2.05, 4.69) is 38.1 Å². The third kappa shape index (κ3) is 25.8. The first-order valence-corrected chi connectivity index (χ1v) is 18.2. The Hall–Kier alpha value is -1.18. The predicted molar refractivity (Wildman–Crippen MR) is 178 cm³/mol. The van der Waals surface area contributed by atoms with Crippen LogP contribution in [0.25, 0.3) is 0 Å². The number of hydrogen-bond acceptors (Lipinski definition) is 2. The second-order valence-electron chi connectivity index (χ2n) is 12.4. The molecule has 0 N–H and O–H groups in total. The van der Waals surface area contributed by atoms with Crippen LogP contribution in [0.15, 0.2) is 24.3 Å². The highest BCUT2D eigenvalue weighted by Crippen LogP contribution is 2.21. The lowest BCUT2D eigenvalue weighted by atomic mass is 10.0. The Morgan fingerprint density at radius 2 is 0.600 bits per heavy atom. The fourth-order valence-electron chi connectivity index (χ4n) is 5.63. The van der Waals surface area contributed by atoms with Crippen LogP contribution in [0.3, 0.4) is 0 Å². The summed E-state index contributed by atoms with van der Waals surface area (Å²) in [5.41, 5.74) is 0. The SMILES string of the molecule is CCCCCCCCCCCCCCCCOc1cccc(OCCCCCCCCCCCCCCCC)c1. The van der Waals surface area contributed by atoms with Gasteiger partial charge in [0.15, 0.2) is 0 Å². The van der Waals surface area contributed by atoms with Gasteiger partial charge in [0.1, 0.15) is 11.5 Å². The summed E-state index contributed by atoms with van der Waals surface area (Å²) in [4.78, 5) is 0. The molecule has 0 unspecified atom stereocenters. The van der Waals surface area contributed by atoms with E-state index in [-0.39, 0.29) is 0 Å². The third-order valence-corrected chi connectivity index (χ3v) is 8.34. The molecule has 2 nitrogen and oxygen atoms in total. The molecule has 0 aliphatic carbocycles. The third-order valence-electron chi connectivity index (χ3n) is 8.34. The van der Waals surface area contributed by atoms with Crippen molar-refractivity contribution < 1.29 is 9.47 Å². The zero-order valence-electron chi connectivity index (χ0n) is 27.3. The van der Waals surface area contributed by atoms with Gasteiger partial charge >= 0.3 is 0 Å². The van der Waals surface area contributed by atoms with E-state index in [0.717, 1.165) is 37.6 Å². The van der Waals surface area contributed by atoms with Crippen molar-refractivity contribution in [3.05, 3.63) is 24.3 Å². The van der Waals surface area contributed by atoms with E-state index >= 15 is 0 Å². The van der Waals surface area contributed by atoms with Crippen LogP contribution in [0.2, 0.25) is 0 Å². The second kappa shape index (κ2) is 30.8. The van der Waals surface area contributed by atoms with Crippen LogP contribution in [0.5, 0.6) is 11.5 Å². The molecule has 0 saturated heterocycles. The molecule has 0 fully saturated rings. The summed E-state index contributed by atoms with van der Waals surface area (Å²) >= 11 is 0. The van der Waals surface area contributed by atoms with E-state index in [1.54, 1.807) is 0 Å². The van der Waals surface area contributed by atoms with Gasteiger partial charge in [0.05, 0.1) is 13.2 Å². The van der Waals surface area contributed by atoms with Gasteiger partial charge in [-0.05, 0) is 25.0 Å². The van der Waals surface area contributed by atoms with Crippen molar-refractivity contribution in [3.63, 3.8) is 0 Å². The Labute approximate surface area is 251 Å². The first-order valence-electron chi connectivity index (χ1n) is 18.2. The van der Waals surface area contributed by atoms with E-state index in [4.69, 9.17) is 9.47 Å². The Bertz CT molecular complexity index is 564. The second-order valence-corrected chi connectivity index (χ2v) is 12.4. The summed E-state index contributed by atoms with van der Waals surface area (Å²) in [6.07, 6.45) is 39.0. The molecule has 0 atom stereocenters. The summed E-state index contributed by atoms with van der Waals surface area (Å²) in [5, 5.41) is 0. The molecule has 0 aromatic heterocycles. The monoisotopic (exact) mass is 559 g/mol. The Morgan fingerprint density at radius 1 is 0.350 bits per heavy atom. The highest BCUT2D eigenvalue weighted by Gasteiger charge is 2.00. The van der Waals surface area contributed by atoms with Gasteiger partial charge < -0.3 is 9.47 Å². The Kier molecular flexibility index (Phi) is 28.3. The minimum absolute atomic E-state index is 0.820. The molecule has 1 rings (SSSR count). The predicted octanol–water partition coefficient (Wildman–Crippen LogP) is 13.4. The molecule has 0 aliphatic rings. The van der Waals surface area contributed by atoms with Gasteiger partial charge in [-0.15, -0.1) is 0 Å². The number of benzene rings is 1. The number of unbranched alkanes of at least 4 members (excludes halogenated alkanes) is 26. The number of ether oxygens (including phenoxy) is 2. The quantitative estimate of drug-likeness (QED) is 0.0819. The molecule has 2 heteroatoms. The fourth-order valence-corrected chi connectivity index (χ4v) is 5.63. The summed E-state index contributed by atoms with van der Waals surface area (Å²) in [6.45, 7) is 6.23. The average molecular weight is 559 g/mol. The van der Waals surface area contributed by atoms with Crippen molar-refractivity contribution in [2.75, 3.05) is 13.2 Å². The minimum atomic E-state index is 0.820. The Morgan fingerprint density at radius 3 is 0.875 bits per heavy atom. The van der Waals surface area contributed by atoms with E-state index in [1.807, 2.05) is 0 Å². The summed E-state index contributed by atoms with van der Waals surface area (Å²) in [6, 6.07) is 8.24. The smallest absolute Gasteiger partial charge is 0.122 e. The lowest BCUT2D eigenvalue weighted by Crippen LogP contribution is -2.00. The van der Waals surface area contributed by atoms with Crippen LogP contribution in [-0.4, -0.2) is 13.2 Å². The molecule has 0 saturated carbocycles. The molecule has 1 aromatic rings. The molecular formula is C38H70O2. The normalized spacial score (nSPS) is 11.2. The molecule has 40 heavy (non-hydrogen) atoms. The van der Waals surface area contributed by atoms with Crippen molar-refractivity contribution >= 4 is 0 Å². The first-order chi connectivity index (χ1) is 19.9. The number of hydrogen-bond donors (Lipinski definition) is 0. The van der Waals surface area contributed by atoms with Crippen molar-refractivity contribution in [2.24, 2.45) is 0 Å². The van der Waals surface area contributed by atoms with E-state index < -0.39 is 0 Å². The van der Waals surface area contributed by atoms with Crippen LogP contribution < -0.4 is 9.47 Å². The van der Waals surface area contributed by atoms with Crippen LogP contribution >= 0.6 is 0 Å². The maximum atomic E-state index is 6.00. The van der Waals surface area contributed by atoms with Crippen molar-refractivity contribution in [2.45, 2.75) is 194 Å². The molecular weight excluding hydrogens is 488 g/mol. The zero-order valence-corrected chi connectivity index (χ0v) is 27.3. The van der Waals surface area contributed by atoms with E-state index in [9.17, 15) is 0 Å². The molecule has 234 valence electrons. The lowest BCUT2D eigenvalue weighted by molar-refractivity contribution is 0.289. The fraction of sp³-hybridized carbons (Fsp3) is 0.842. The van der Waals surface area contributed by atoms with Crippen LogP contribution in [0, 0.1) is 0 Å². The van der Waals surface area contributed by atoms with Gasteiger partial charge in [0.2, 0.25) is 0 Å². The van der Waals surface area contributed by atoms with E-state index in [0.29, 0.717) is 0 Å². The average Bonchev–Trinajstić information content (AvgIpc) is 2.97. The minimum Gasteiger partial charge on any atom is -0.493 e. The topological polar surface area (TPSA) is 18.5 Å². The first kappa shape index (κ1) is 36.8. The zero-order chi connectivity index (χ0) is 28.6. The molecule has 0 amide bonds. The molecule has 0 spiro atoms.